The number of nitrogens with one attached hydrogen (secondary N) is 1. The number of hydrogen-bond acceptors (Lipinski definition) is 4. The predicted molar refractivity (Wildman–Crippen MR) is 107 cm³/mol. The number of hydrazine groups is 1. The summed E-state index contributed by atoms with van der Waals surface area (Å²) in [6.45, 7) is 10.1. The van der Waals surface area contributed by atoms with Crippen LogP contribution in [-0.2, 0) is 14.3 Å². The summed E-state index contributed by atoms with van der Waals surface area (Å²) in [7, 11) is 1.54. The third-order valence-electron chi connectivity index (χ3n) is 5.63. The number of methoxy groups -OCH3 is 1. The van der Waals surface area contributed by atoms with E-state index in [9.17, 15) is 18.4 Å². The zero-order valence-electron chi connectivity index (χ0n) is 18.7. The Hall–Kier alpha value is -1.28. The molecule has 1 aliphatic heterocycles. The Morgan fingerprint density at radius 1 is 1.14 bits per heavy atom. The molecule has 0 aromatic carbocycles. The first-order chi connectivity index (χ1) is 13.3. The molecular weight excluding hydrogens is 380 g/mol. The van der Waals surface area contributed by atoms with Crippen LogP contribution in [0.3, 0.4) is 0 Å². The van der Waals surface area contributed by atoms with Crippen molar-refractivity contribution in [3.05, 3.63) is 0 Å². The van der Waals surface area contributed by atoms with E-state index in [0.717, 1.165) is 6.42 Å². The van der Waals surface area contributed by atoms with Gasteiger partial charge >= 0.3 is 0 Å². The Balaban J connectivity index is 2.31. The number of halogens is 2. The molecule has 0 aromatic heterocycles. The third-order valence-corrected chi connectivity index (χ3v) is 5.63. The van der Waals surface area contributed by atoms with Crippen molar-refractivity contribution in [2.24, 2.45) is 5.41 Å². The highest BCUT2D eigenvalue weighted by Gasteiger charge is 2.47. The lowest BCUT2D eigenvalue weighted by molar-refractivity contribution is -0.178. The molecule has 2 rings (SSSR count). The standard InChI is InChI=1S/C21H37F2N3O3/c1-19(2,3)24-17(27)16-8-7-13-25(16)26(18(28)20(4,5)14-29-6)15-9-11-21(22,23)12-10-15/h15-16H,7-14H2,1-6H3,(H,24,27). The van der Waals surface area contributed by atoms with E-state index in [1.807, 2.05) is 25.8 Å². The van der Waals surface area contributed by atoms with Gasteiger partial charge in [-0.15, -0.1) is 0 Å². The van der Waals surface area contributed by atoms with Gasteiger partial charge < -0.3 is 10.1 Å². The molecule has 1 atom stereocenters. The van der Waals surface area contributed by atoms with Gasteiger partial charge in [0.05, 0.1) is 12.0 Å². The van der Waals surface area contributed by atoms with Crippen LogP contribution in [-0.4, -0.2) is 65.6 Å². The van der Waals surface area contributed by atoms with Crippen LogP contribution in [0.4, 0.5) is 8.78 Å². The molecule has 2 amide bonds. The zero-order chi connectivity index (χ0) is 22.0. The molecule has 1 N–H and O–H groups in total. The van der Waals surface area contributed by atoms with E-state index in [1.54, 1.807) is 18.9 Å². The van der Waals surface area contributed by atoms with Gasteiger partial charge in [-0.1, -0.05) is 0 Å². The molecule has 1 saturated carbocycles. The summed E-state index contributed by atoms with van der Waals surface area (Å²) in [5.41, 5.74) is -1.20. The number of alkyl halides is 2. The van der Waals surface area contributed by atoms with E-state index in [-0.39, 0.29) is 55.7 Å². The lowest BCUT2D eigenvalue weighted by Crippen LogP contribution is -2.62. The quantitative estimate of drug-likeness (QED) is 0.720. The van der Waals surface area contributed by atoms with Gasteiger partial charge in [0.15, 0.2) is 0 Å². The molecule has 0 bridgehead atoms. The van der Waals surface area contributed by atoms with Crippen molar-refractivity contribution in [3.8, 4) is 0 Å². The molecular formula is C21H37F2N3O3. The maximum Gasteiger partial charge on any atom is 0.248 e. The van der Waals surface area contributed by atoms with Crippen molar-refractivity contribution < 1.29 is 23.1 Å². The van der Waals surface area contributed by atoms with Crippen molar-refractivity contribution in [3.63, 3.8) is 0 Å². The van der Waals surface area contributed by atoms with Crippen molar-refractivity contribution in [1.82, 2.24) is 15.3 Å². The van der Waals surface area contributed by atoms with E-state index in [1.165, 1.54) is 7.11 Å². The van der Waals surface area contributed by atoms with Crippen molar-refractivity contribution in [2.45, 2.75) is 96.7 Å². The first-order valence-electron chi connectivity index (χ1n) is 10.6. The van der Waals surface area contributed by atoms with E-state index in [0.29, 0.717) is 13.0 Å². The predicted octanol–water partition coefficient (Wildman–Crippen LogP) is 3.36. The highest BCUT2D eigenvalue weighted by molar-refractivity contribution is 5.85. The number of ether oxygens (including phenoxy) is 1. The van der Waals surface area contributed by atoms with E-state index in [4.69, 9.17) is 4.74 Å². The number of carbonyl (C=O) groups excluding carboxylic acids is 2. The molecule has 0 radical (unpaired) electrons. The molecule has 0 aromatic rings. The number of rotatable bonds is 6. The SMILES string of the molecule is COCC(C)(C)C(=O)N(C1CCC(F)(F)CC1)N1CCCC1C(=O)NC(C)(C)C. The summed E-state index contributed by atoms with van der Waals surface area (Å²) in [4.78, 5) is 26.5. The Morgan fingerprint density at radius 2 is 1.72 bits per heavy atom. The van der Waals surface area contributed by atoms with Gasteiger partial charge in [-0.05, 0) is 60.3 Å². The Labute approximate surface area is 173 Å². The van der Waals surface area contributed by atoms with Gasteiger partial charge in [-0.3, -0.25) is 14.6 Å². The van der Waals surface area contributed by atoms with Gasteiger partial charge in [0.25, 0.3) is 0 Å². The Bertz CT molecular complexity index is 594. The third kappa shape index (κ3) is 6.10. The summed E-state index contributed by atoms with van der Waals surface area (Å²) in [5.74, 6) is -2.98. The van der Waals surface area contributed by atoms with Crippen LogP contribution < -0.4 is 5.32 Å². The molecule has 6 nitrogen and oxygen atoms in total. The molecule has 2 aliphatic rings. The fourth-order valence-electron chi connectivity index (χ4n) is 4.22. The van der Waals surface area contributed by atoms with Crippen LogP contribution in [0.2, 0.25) is 0 Å². The maximum absolute atomic E-state index is 13.8. The lowest BCUT2D eigenvalue weighted by atomic mass is 9.88. The molecule has 1 saturated heterocycles. The van der Waals surface area contributed by atoms with Crippen LogP contribution in [0.25, 0.3) is 0 Å². The molecule has 2 fully saturated rings. The normalized spacial score (nSPS) is 23.8. The average molecular weight is 418 g/mol. The monoisotopic (exact) mass is 417 g/mol. The molecule has 168 valence electrons. The molecule has 8 heteroatoms. The second-order valence-corrected chi connectivity index (χ2v) is 10.1. The summed E-state index contributed by atoms with van der Waals surface area (Å²) in [5, 5.41) is 6.46. The van der Waals surface area contributed by atoms with Crippen molar-refractivity contribution in [1.29, 1.82) is 0 Å². The maximum atomic E-state index is 13.8. The minimum absolute atomic E-state index is 0.126. The fraction of sp³-hybridized carbons (Fsp3) is 0.905. The summed E-state index contributed by atoms with van der Waals surface area (Å²) < 4.78 is 32.8. The van der Waals surface area contributed by atoms with E-state index >= 15 is 0 Å². The van der Waals surface area contributed by atoms with Crippen LogP contribution in [0, 0.1) is 5.41 Å². The van der Waals surface area contributed by atoms with Gasteiger partial charge in [-0.2, -0.15) is 0 Å². The minimum atomic E-state index is -2.68. The van der Waals surface area contributed by atoms with Crippen LogP contribution in [0.1, 0.15) is 73.1 Å². The van der Waals surface area contributed by atoms with Gasteiger partial charge in [0.2, 0.25) is 17.7 Å². The van der Waals surface area contributed by atoms with Gasteiger partial charge in [0.1, 0.15) is 6.04 Å². The minimum Gasteiger partial charge on any atom is -0.384 e. The van der Waals surface area contributed by atoms with Gasteiger partial charge in [0, 0.05) is 38.1 Å². The molecule has 0 spiro atoms. The van der Waals surface area contributed by atoms with Crippen LogP contribution in [0.5, 0.6) is 0 Å². The average Bonchev–Trinajstić information content (AvgIpc) is 3.04. The molecule has 1 heterocycles. The molecule has 1 unspecified atom stereocenters. The lowest BCUT2D eigenvalue weighted by Gasteiger charge is -2.46. The highest BCUT2D eigenvalue weighted by Crippen LogP contribution is 2.38. The van der Waals surface area contributed by atoms with E-state index < -0.39 is 17.4 Å². The molecule has 29 heavy (non-hydrogen) atoms. The van der Waals surface area contributed by atoms with E-state index in [2.05, 4.69) is 5.32 Å². The summed E-state index contributed by atoms with van der Waals surface area (Å²) in [6, 6.07) is -0.805. The smallest absolute Gasteiger partial charge is 0.248 e. The van der Waals surface area contributed by atoms with Crippen molar-refractivity contribution in [2.75, 3.05) is 20.3 Å². The molecule has 1 aliphatic carbocycles. The Kier molecular flexibility index (Phi) is 7.31. The van der Waals surface area contributed by atoms with Crippen LogP contribution >= 0.6 is 0 Å². The zero-order valence-corrected chi connectivity index (χ0v) is 18.7. The number of carbonyl (C=O) groups is 2. The second-order valence-electron chi connectivity index (χ2n) is 10.1. The summed E-state index contributed by atoms with van der Waals surface area (Å²) in [6.07, 6.45) is 1.40. The van der Waals surface area contributed by atoms with Crippen LogP contribution in [0.15, 0.2) is 0 Å². The Morgan fingerprint density at radius 3 is 2.24 bits per heavy atom. The first-order valence-corrected chi connectivity index (χ1v) is 10.6. The number of nitrogens with zero attached hydrogens (tertiary/aromatic N) is 2. The van der Waals surface area contributed by atoms with Gasteiger partial charge in [-0.25, -0.2) is 13.8 Å². The summed E-state index contributed by atoms with van der Waals surface area (Å²) >= 11 is 0. The van der Waals surface area contributed by atoms with Crippen molar-refractivity contribution >= 4 is 11.8 Å². The highest BCUT2D eigenvalue weighted by atomic mass is 19.3. The first kappa shape index (κ1) is 24.0. The fourth-order valence-corrected chi connectivity index (χ4v) is 4.22. The second kappa shape index (κ2) is 8.84. The largest absolute Gasteiger partial charge is 0.384 e. The number of amides is 2. The topological polar surface area (TPSA) is 61.9 Å². The number of hydrogen-bond donors (Lipinski definition) is 1.